The highest BCUT2D eigenvalue weighted by atomic mass is 35.5. The van der Waals surface area contributed by atoms with Crippen LogP contribution in [0.15, 0.2) is 18.2 Å². The summed E-state index contributed by atoms with van der Waals surface area (Å²) in [4.78, 5) is 16.7. The Morgan fingerprint density at radius 3 is 2.36 bits per heavy atom. The molecule has 4 rings (SSSR count). The van der Waals surface area contributed by atoms with Gasteiger partial charge in [0.15, 0.2) is 5.79 Å². The van der Waals surface area contributed by atoms with E-state index in [4.69, 9.17) is 32.7 Å². The molecular formula is C18H22Cl2N2O3. The summed E-state index contributed by atoms with van der Waals surface area (Å²) in [6.45, 7) is 3.27. The normalized spacial score (nSPS) is 23.8. The Hall–Kier alpha value is -1.01. The summed E-state index contributed by atoms with van der Waals surface area (Å²) < 4.78 is 11.6. The Morgan fingerprint density at radius 2 is 1.72 bits per heavy atom. The Labute approximate surface area is 157 Å². The lowest BCUT2D eigenvalue weighted by molar-refractivity contribution is -0.182. The number of halogens is 2. The number of benzene rings is 1. The largest absolute Gasteiger partial charge is 0.348 e. The van der Waals surface area contributed by atoms with Crippen molar-refractivity contribution in [3.05, 3.63) is 33.8 Å². The van der Waals surface area contributed by atoms with E-state index in [1.165, 1.54) is 0 Å². The van der Waals surface area contributed by atoms with Crippen molar-refractivity contribution in [3.8, 4) is 0 Å². The van der Waals surface area contributed by atoms with Crippen LogP contribution in [0.2, 0.25) is 10.0 Å². The maximum absolute atomic E-state index is 12.8. The highest BCUT2D eigenvalue weighted by molar-refractivity contribution is 6.36. The van der Waals surface area contributed by atoms with Gasteiger partial charge in [-0.3, -0.25) is 0 Å². The van der Waals surface area contributed by atoms with Crippen molar-refractivity contribution in [1.82, 2.24) is 9.80 Å². The van der Waals surface area contributed by atoms with Crippen molar-refractivity contribution in [2.75, 3.05) is 26.3 Å². The van der Waals surface area contributed by atoms with E-state index in [-0.39, 0.29) is 17.9 Å². The molecule has 0 atom stereocenters. The number of rotatable bonds is 3. The van der Waals surface area contributed by atoms with E-state index in [9.17, 15) is 4.79 Å². The van der Waals surface area contributed by atoms with Crippen molar-refractivity contribution < 1.29 is 14.3 Å². The van der Waals surface area contributed by atoms with Crippen LogP contribution in [0.25, 0.3) is 0 Å². The van der Waals surface area contributed by atoms with Crippen LogP contribution in [0.3, 0.4) is 0 Å². The Morgan fingerprint density at radius 1 is 1.08 bits per heavy atom. The van der Waals surface area contributed by atoms with Crippen LogP contribution in [0.5, 0.6) is 0 Å². The molecule has 0 N–H and O–H groups in total. The summed E-state index contributed by atoms with van der Waals surface area (Å²) in [5.74, 6) is -0.385. The molecule has 0 unspecified atom stereocenters. The second kappa shape index (κ2) is 6.95. The first-order chi connectivity index (χ1) is 12.1. The molecule has 5 nitrogen and oxygen atoms in total. The minimum absolute atomic E-state index is 0.0743. The smallest absolute Gasteiger partial charge is 0.320 e. The minimum atomic E-state index is -0.385. The third kappa shape index (κ3) is 3.35. The lowest BCUT2D eigenvalue weighted by atomic mass is 9.89. The second-order valence-electron chi connectivity index (χ2n) is 6.94. The van der Waals surface area contributed by atoms with Gasteiger partial charge < -0.3 is 19.3 Å². The Balaban J connectivity index is 1.39. The zero-order chi connectivity index (χ0) is 17.4. The summed E-state index contributed by atoms with van der Waals surface area (Å²) in [5.41, 5.74) is 0.816. The molecule has 7 heteroatoms. The molecule has 3 fully saturated rings. The zero-order valence-electron chi connectivity index (χ0n) is 14.0. The average Bonchev–Trinajstić information content (AvgIpc) is 3.20. The van der Waals surface area contributed by atoms with Crippen LogP contribution in [0.1, 0.15) is 31.2 Å². The summed E-state index contributed by atoms with van der Waals surface area (Å²) in [7, 11) is 0. The van der Waals surface area contributed by atoms with Gasteiger partial charge in [-0.25, -0.2) is 4.79 Å². The van der Waals surface area contributed by atoms with Crippen LogP contribution >= 0.6 is 23.2 Å². The molecule has 1 aliphatic carbocycles. The Bertz CT molecular complexity index is 633. The van der Waals surface area contributed by atoms with Gasteiger partial charge in [0, 0.05) is 47.6 Å². The topological polar surface area (TPSA) is 42.0 Å². The van der Waals surface area contributed by atoms with E-state index in [2.05, 4.69) is 0 Å². The molecule has 0 aromatic heterocycles. The van der Waals surface area contributed by atoms with Crippen LogP contribution in [0.4, 0.5) is 4.79 Å². The summed E-state index contributed by atoms with van der Waals surface area (Å²) >= 11 is 12.5. The average molecular weight is 385 g/mol. The van der Waals surface area contributed by atoms with E-state index in [0.717, 1.165) is 37.8 Å². The lowest BCUT2D eigenvalue weighted by Gasteiger charge is -2.38. The molecule has 2 aliphatic heterocycles. The van der Waals surface area contributed by atoms with Crippen molar-refractivity contribution in [3.63, 3.8) is 0 Å². The number of carbonyl (C=O) groups is 1. The molecular weight excluding hydrogens is 363 g/mol. The fourth-order valence-corrected chi connectivity index (χ4v) is 4.62. The van der Waals surface area contributed by atoms with Gasteiger partial charge in [0.1, 0.15) is 0 Å². The van der Waals surface area contributed by atoms with Gasteiger partial charge in [0.2, 0.25) is 0 Å². The molecule has 0 radical (unpaired) electrons. The maximum atomic E-state index is 12.8. The predicted octanol–water partition coefficient (Wildman–Crippen LogP) is 3.92. The molecule has 1 aromatic rings. The van der Waals surface area contributed by atoms with Gasteiger partial charge in [-0.1, -0.05) is 29.3 Å². The van der Waals surface area contributed by atoms with Gasteiger partial charge in [-0.05, 0) is 25.0 Å². The highest BCUT2D eigenvalue weighted by Gasteiger charge is 2.44. The second-order valence-corrected chi connectivity index (χ2v) is 7.75. The van der Waals surface area contributed by atoms with Gasteiger partial charge in [0.25, 0.3) is 0 Å². The number of carbonyl (C=O) groups excluding carboxylic acids is 1. The molecule has 2 amide bonds. The first kappa shape index (κ1) is 17.4. The maximum Gasteiger partial charge on any atom is 0.320 e. The molecule has 1 saturated carbocycles. The first-order valence-corrected chi connectivity index (χ1v) is 9.60. The quantitative estimate of drug-likeness (QED) is 0.792. The number of hydrogen-bond acceptors (Lipinski definition) is 3. The number of hydrogen-bond donors (Lipinski definition) is 0. The van der Waals surface area contributed by atoms with E-state index < -0.39 is 0 Å². The lowest BCUT2D eigenvalue weighted by Crippen LogP contribution is -2.45. The Kier molecular flexibility index (Phi) is 4.84. The van der Waals surface area contributed by atoms with Gasteiger partial charge in [-0.2, -0.15) is 0 Å². The van der Waals surface area contributed by atoms with Crippen LogP contribution in [0, 0.1) is 0 Å². The first-order valence-electron chi connectivity index (χ1n) is 8.84. The molecule has 2 heterocycles. The predicted molar refractivity (Wildman–Crippen MR) is 95.9 cm³/mol. The standard InChI is InChI=1S/C18H22Cl2N2O3/c19-15-2-1-3-16(20)14(15)12-21-8-9-22(17(21)23)13-4-6-18(7-5-13)24-10-11-25-18/h1-3,13H,4-12H2. The molecule has 136 valence electrons. The molecule has 2 saturated heterocycles. The minimum Gasteiger partial charge on any atom is -0.348 e. The van der Waals surface area contributed by atoms with E-state index in [0.29, 0.717) is 36.3 Å². The van der Waals surface area contributed by atoms with Gasteiger partial charge >= 0.3 is 6.03 Å². The van der Waals surface area contributed by atoms with Crippen molar-refractivity contribution in [2.45, 2.75) is 44.1 Å². The third-order valence-corrected chi connectivity index (χ3v) is 6.22. The number of amides is 2. The van der Waals surface area contributed by atoms with Crippen LogP contribution < -0.4 is 0 Å². The van der Waals surface area contributed by atoms with E-state index in [1.807, 2.05) is 28.0 Å². The number of ether oxygens (including phenoxy) is 2. The van der Waals surface area contributed by atoms with E-state index in [1.54, 1.807) is 0 Å². The van der Waals surface area contributed by atoms with Crippen molar-refractivity contribution in [2.24, 2.45) is 0 Å². The number of nitrogens with zero attached hydrogens (tertiary/aromatic N) is 2. The zero-order valence-corrected chi connectivity index (χ0v) is 15.6. The molecule has 3 aliphatic rings. The summed E-state index contributed by atoms with van der Waals surface area (Å²) in [6, 6.07) is 5.77. The number of urea groups is 1. The SMILES string of the molecule is O=C1N(Cc2c(Cl)cccc2Cl)CCN1C1CCC2(CC1)OCCO2. The van der Waals surface area contributed by atoms with Crippen molar-refractivity contribution in [1.29, 1.82) is 0 Å². The van der Waals surface area contributed by atoms with Crippen molar-refractivity contribution >= 4 is 29.2 Å². The molecule has 0 bridgehead atoms. The fraction of sp³-hybridized carbons (Fsp3) is 0.611. The molecule has 1 spiro atoms. The summed E-state index contributed by atoms with van der Waals surface area (Å²) in [6.07, 6.45) is 3.56. The third-order valence-electron chi connectivity index (χ3n) is 5.51. The van der Waals surface area contributed by atoms with Crippen LogP contribution in [-0.2, 0) is 16.0 Å². The molecule has 25 heavy (non-hydrogen) atoms. The van der Waals surface area contributed by atoms with Crippen LogP contribution in [-0.4, -0.2) is 54.0 Å². The monoisotopic (exact) mass is 384 g/mol. The summed E-state index contributed by atoms with van der Waals surface area (Å²) in [5, 5.41) is 1.21. The fourth-order valence-electron chi connectivity index (χ4n) is 4.10. The molecule has 1 aromatic carbocycles. The van der Waals surface area contributed by atoms with Gasteiger partial charge in [-0.15, -0.1) is 0 Å². The van der Waals surface area contributed by atoms with Gasteiger partial charge in [0.05, 0.1) is 19.8 Å². The van der Waals surface area contributed by atoms with E-state index >= 15 is 0 Å². The highest BCUT2D eigenvalue weighted by Crippen LogP contribution is 2.38.